The molecule has 2 aliphatic heterocycles. The Morgan fingerprint density at radius 1 is 1.46 bits per heavy atom. The Morgan fingerprint density at radius 2 is 2.27 bits per heavy atom. The number of amides is 1. The van der Waals surface area contributed by atoms with Gasteiger partial charge in [0.1, 0.15) is 17.6 Å². The molecule has 0 saturated carbocycles. The standard InChI is InChI=1S/C20H25N3O3/c1-4-6-8-20(22-23-20)9-7-19(24)21-13-16-12-18-15(10-14(3)26-18)11-17(16)25-5-2/h1,11-12,14H,5-10,13H2,2-3H3,(H,21,24). The highest BCUT2D eigenvalue weighted by molar-refractivity contribution is 5.76. The minimum absolute atomic E-state index is 0.0281. The molecule has 0 bridgehead atoms. The van der Waals surface area contributed by atoms with Gasteiger partial charge in [-0.1, -0.05) is 0 Å². The number of fused-ring (bicyclic) bond motifs is 1. The second-order valence-electron chi connectivity index (χ2n) is 6.80. The molecule has 1 atom stereocenters. The minimum Gasteiger partial charge on any atom is -0.494 e. The lowest BCUT2D eigenvalue weighted by Gasteiger charge is -2.14. The summed E-state index contributed by atoms with van der Waals surface area (Å²) in [6.07, 6.45) is 8.66. The number of rotatable bonds is 9. The zero-order chi connectivity index (χ0) is 18.6. The van der Waals surface area contributed by atoms with Crippen molar-refractivity contribution in [1.82, 2.24) is 5.32 Å². The first-order chi connectivity index (χ1) is 12.5. The molecular weight excluding hydrogens is 330 g/mol. The van der Waals surface area contributed by atoms with E-state index in [4.69, 9.17) is 15.9 Å². The van der Waals surface area contributed by atoms with Crippen molar-refractivity contribution in [3.8, 4) is 23.8 Å². The number of benzene rings is 1. The molecule has 0 aliphatic carbocycles. The van der Waals surface area contributed by atoms with E-state index in [2.05, 4.69) is 21.5 Å². The van der Waals surface area contributed by atoms with E-state index in [0.717, 1.165) is 29.0 Å². The molecule has 0 aromatic heterocycles. The van der Waals surface area contributed by atoms with Gasteiger partial charge in [-0.2, -0.15) is 10.2 Å². The van der Waals surface area contributed by atoms with Crippen LogP contribution in [0.5, 0.6) is 11.5 Å². The Morgan fingerprint density at radius 3 is 2.96 bits per heavy atom. The van der Waals surface area contributed by atoms with Crippen LogP contribution in [-0.4, -0.2) is 24.3 Å². The van der Waals surface area contributed by atoms with Crippen molar-refractivity contribution < 1.29 is 14.3 Å². The highest BCUT2D eigenvalue weighted by Crippen LogP contribution is 2.38. The fourth-order valence-corrected chi connectivity index (χ4v) is 3.17. The third kappa shape index (κ3) is 4.34. The van der Waals surface area contributed by atoms with Crippen molar-refractivity contribution in [2.24, 2.45) is 10.2 Å². The molecule has 6 heteroatoms. The summed E-state index contributed by atoms with van der Waals surface area (Å²) in [6, 6.07) is 4.00. The summed E-state index contributed by atoms with van der Waals surface area (Å²) >= 11 is 0. The van der Waals surface area contributed by atoms with Crippen LogP contribution in [0.3, 0.4) is 0 Å². The van der Waals surface area contributed by atoms with Crippen LogP contribution in [0.4, 0.5) is 0 Å². The third-order valence-corrected chi connectivity index (χ3v) is 4.66. The summed E-state index contributed by atoms with van der Waals surface area (Å²) in [5.41, 5.74) is 1.66. The molecule has 0 fully saturated rings. The number of carbonyl (C=O) groups is 1. The predicted octanol–water partition coefficient (Wildman–Crippen LogP) is 3.38. The van der Waals surface area contributed by atoms with Gasteiger partial charge in [0, 0.05) is 49.8 Å². The number of carbonyl (C=O) groups excluding carboxylic acids is 1. The average molecular weight is 355 g/mol. The average Bonchev–Trinajstić information content (AvgIpc) is 3.30. The van der Waals surface area contributed by atoms with Crippen molar-refractivity contribution in [3.63, 3.8) is 0 Å². The van der Waals surface area contributed by atoms with E-state index in [0.29, 0.717) is 38.8 Å². The summed E-state index contributed by atoms with van der Waals surface area (Å²) in [5, 5.41) is 11.1. The van der Waals surface area contributed by atoms with E-state index < -0.39 is 5.66 Å². The zero-order valence-electron chi connectivity index (χ0n) is 15.4. The Hall–Kier alpha value is -2.55. The molecule has 2 heterocycles. The van der Waals surface area contributed by atoms with Gasteiger partial charge in [0.2, 0.25) is 5.91 Å². The molecule has 0 radical (unpaired) electrons. The van der Waals surface area contributed by atoms with Gasteiger partial charge in [-0.3, -0.25) is 4.79 Å². The van der Waals surface area contributed by atoms with Gasteiger partial charge in [-0.25, -0.2) is 0 Å². The third-order valence-electron chi connectivity index (χ3n) is 4.66. The summed E-state index contributed by atoms with van der Waals surface area (Å²) in [5.74, 6) is 4.26. The van der Waals surface area contributed by atoms with E-state index >= 15 is 0 Å². The predicted molar refractivity (Wildman–Crippen MR) is 98.1 cm³/mol. The Kier molecular flexibility index (Phi) is 5.46. The molecule has 0 spiro atoms. The SMILES string of the molecule is C#CCCC1(CCC(=O)NCc2cc3c(cc2OCC)CC(C)O3)N=N1. The molecule has 1 amide bonds. The fraction of sp³-hybridized carbons (Fsp3) is 0.550. The molecular formula is C20H25N3O3. The van der Waals surface area contributed by atoms with Crippen LogP contribution in [-0.2, 0) is 17.8 Å². The largest absolute Gasteiger partial charge is 0.494 e. The van der Waals surface area contributed by atoms with Gasteiger partial charge in [0.05, 0.1) is 6.61 Å². The lowest BCUT2D eigenvalue weighted by atomic mass is 10.0. The van der Waals surface area contributed by atoms with Crippen molar-refractivity contribution in [2.45, 2.75) is 64.3 Å². The van der Waals surface area contributed by atoms with Crippen LogP contribution >= 0.6 is 0 Å². The highest BCUT2D eigenvalue weighted by Gasteiger charge is 2.39. The highest BCUT2D eigenvalue weighted by atomic mass is 16.5. The molecule has 1 N–H and O–H groups in total. The maximum absolute atomic E-state index is 12.2. The molecule has 138 valence electrons. The van der Waals surface area contributed by atoms with E-state index in [1.54, 1.807) is 0 Å². The van der Waals surface area contributed by atoms with E-state index in [9.17, 15) is 4.79 Å². The van der Waals surface area contributed by atoms with Crippen LogP contribution in [0.2, 0.25) is 0 Å². The number of terminal acetylenes is 1. The molecule has 1 aromatic carbocycles. The molecule has 2 aliphatic rings. The van der Waals surface area contributed by atoms with Gasteiger partial charge in [0.25, 0.3) is 0 Å². The fourth-order valence-electron chi connectivity index (χ4n) is 3.17. The van der Waals surface area contributed by atoms with E-state index in [-0.39, 0.29) is 12.0 Å². The van der Waals surface area contributed by atoms with E-state index in [1.165, 1.54) is 0 Å². The molecule has 1 unspecified atom stereocenters. The van der Waals surface area contributed by atoms with Gasteiger partial charge < -0.3 is 14.8 Å². The summed E-state index contributed by atoms with van der Waals surface area (Å²) in [7, 11) is 0. The first kappa shape index (κ1) is 18.2. The monoisotopic (exact) mass is 355 g/mol. The molecule has 0 saturated heterocycles. The number of hydrogen-bond acceptors (Lipinski definition) is 5. The quantitative estimate of drug-likeness (QED) is 0.690. The second kappa shape index (κ2) is 7.77. The minimum atomic E-state index is -0.419. The van der Waals surface area contributed by atoms with Crippen molar-refractivity contribution >= 4 is 5.91 Å². The maximum Gasteiger partial charge on any atom is 0.220 e. The zero-order valence-corrected chi connectivity index (χ0v) is 15.4. The Balaban J connectivity index is 1.55. The van der Waals surface area contributed by atoms with E-state index in [1.807, 2.05) is 26.0 Å². The number of ether oxygens (including phenoxy) is 2. The molecule has 26 heavy (non-hydrogen) atoms. The number of nitrogens with one attached hydrogen (secondary N) is 1. The Bertz CT molecular complexity index is 745. The van der Waals surface area contributed by atoms with Gasteiger partial charge in [0.15, 0.2) is 5.66 Å². The van der Waals surface area contributed by atoms with Crippen LogP contribution in [0.1, 0.15) is 50.7 Å². The normalized spacial score (nSPS) is 18.6. The lowest BCUT2D eigenvalue weighted by Crippen LogP contribution is -2.25. The maximum atomic E-state index is 12.2. The molecule has 1 aromatic rings. The lowest BCUT2D eigenvalue weighted by molar-refractivity contribution is -0.121. The topological polar surface area (TPSA) is 72.3 Å². The summed E-state index contributed by atoms with van der Waals surface area (Å²) < 4.78 is 11.6. The summed E-state index contributed by atoms with van der Waals surface area (Å²) in [4.78, 5) is 12.2. The smallest absolute Gasteiger partial charge is 0.220 e. The molecule has 3 rings (SSSR count). The molecule has 6 nitrogen and oxygen atoms in total. The van der Waals surface area contributed by atoms with Crippen molar-refractivity contribution in [2.75, 3.05) is 6.61 Å². The number of nitrogens with zero attached hydrogens (tertiary/aromatic N) is 2. The second-order valence-corrected chi connectivity index (χ2v) is 6.80. The summed E-state index contributed by atoms with van der Waals surface area (Å²) in [6.45, 7) is 4.99. The van der Waals surface area contributed by atoms with Crippen molar-refractivity contribution in [3.05, 3.63) is 23.3 Å². The Labute approximate surface area is 154 Å². The van der Waals surface area contributed by atoms with Crippen LogP contribution in [0.25, 0.3) is 0 Å². The van der Waals surface area contributed by atoms with Gasteiger partial charge in [-0.05, 0) is 26.0 Å². The first-order valence-electron chi connectivity index (χ1n) is 9.14. The first-order valence-corrected chi connectivity index (χ1v) is 9.14. The van der Waals surface area contributed by atoms with Crippen LogP contribution in [0, 0.1) is 12.3 Å². The van der Waals surface area contributed by atoms with Crippen LogP contribution < -0.4 is 14.8 Å². The number of hydrogen-bond donors (Lipinski definition) is 1. The van der Waals surface area contributed by atoms with Crippen LogP contribution in [0.15, 0.2) is 22.4 Å². The van der Waals surface area contributed by atoms with Gasteiger partial charge in [-0.15, -0.1) is 12.3 Å². The van der Waals surface area contributed by atoms with Gasteiger partial charge >= 0.3 is 0 Å². The van der Waals surface area contributed by atoms with Crippen molar-refractivity contribution in [1.29, 1.82) is 0 Å².